The highest BCUT2D eigenvalue weighted by molar-refractivity contribution is 7.15. The molecule has 0 aliphatic heterocycles. The highest BCUT2D eigenvalue weighted by atomic mass is 32.1. The molecule has 1 aliphatic rings. The lowest BCUT2D eigenvalue weighted by molar-refractivity contribution is 0.153. The number of hydrogen-bond acceptors (Lipinski definition) is 9. The molecule has 4 rings (SSSR count). The molecule has 0 saturated heterocycles. The second kappa shape index (κ2) is 10.9. The van der Waals surface area contributed by atoms with E-state index in [1.807, 2.05) is 23.1 Å². The molecule has 3 aromatic heterocycles. The van der Waals surface area contributed by atoms with Crippen molar-refractivity contribution in [1.82, 2.24) is 20.2 Å². The zero-order valence-corrected chi connectivity index (χ0v) is 21.6. The summed E-state index contributed by atoms with van der Waals surface area (Å²) in [5.74, 6) is 1.30. The molecule has 178 valence electrons. The molecule has 0 unspecified atom stereocenters. The molecule has 0 radical (unpaired) electrons. The van der Waals surface area contributed by atoms with Crippen LogP contribution in [0.15, 0.2) is 24.4 Å². The molecule has 1 fully saturated rings. The number of nitrogens with zero attached hydrogens (tertiary/aromatic N) is 5. The lowest BCUT2D eigenvalue weighted by Crippen LogP contribution is -2.26. The van der Waals surface area contributed by atoms with Crippen molar-refractivity contribution in [3.8, 4) is 0 Å². The monoisotopic (exact) mass is 486 g/mol. The number of nitrogens with one attached hydrogen (secondary N) is 1. The van der Waals surface area contributed by atoms with Gasteiger partial charge in [0, 0.05) is 27.1 Å². The molecule has 2 N–H and O–H groups in total. The molecule has 0 atom stereocenters. The molecule has 0 amide bonds. The number of hydrogen-bond donors (Lipinski definition) is 2. The van der Waals surface area contributed by atoms with Gasteiger partial charge in [-0.05, 0) is 37.1 Å². The van der Waals surface area contributed by atoms with E-state index >= 15 is 0 Å². The number of aliphatic hydroxyl groups is 1. The molecule has 1 saturated carbocycles. The fourth-order valence-electron chi connectivity index (χ4n) is 3.87. The van der Waals surface area contributed by atoms with Crippen molar-refractivity contribution < 1.29 is 9.84 Å². The average molecular weight is 487 g/mol. The highest BCUT2D eigenvalue weighted by Gasteiger charge is 2.24. The van der Waals surface area contributed by atoms with E-state index in [0.29, 0.717) is 19.2 Å². The number of fused-ring (bicyclic) bond motifs is 1. The Morgan fingerprint density at radius 3 is 2.76 bits per heavy atom. The molecule has 1 aliphatic carbocycles. The van der Waals surface area contributed by atoms with Crippen LogP contribution in [0, 0.1) is 0 Å². The van der Waals surface area contributed by atoms with Crippen LogP contribution in [0.25, 0.3) is 11.0 Å². The molecular weight excluding hydrogens is 452 g/mol. The highest BCUT2D eigenvalue weighted by Crippen LogP contribution is 2.38. The Kier molecular flexibility index (Phi) is 7.89. The second-order valence-corrected chi connectivity index (χ2v) is 16.4. The van der Waals surface area contributed by atoms with Crippen molar-refractivity contribution in [3.63, 3.8) is 0 Å². The fourth-order valence-corrected chi connectivity index (χ4v) is 5.64. The van der Waals surface area contributed by atoms with Gasteiger partial charge in [-0.15, -0.1) is 10.2 Å². The van der Waals surface area contributed by atoms with E-state index in [1.54, 1.807) is 17.5 Å². The third-order valence-corrected chi connectivity index (χ3v) is 8.64. The van der Waals surface area contributed by atoms with E-state index in [4.69, 9.17) is 14.8 Å². The maximum Gasteiger partial charge on any atom is 0.215 e. The molecule has 10 heteroatoms. The lowest BCUT2D eigenvalue weighted by Gasteiger charge is -2.22. The Labute approximate surface area is 200 Å². The maximum absolute atomic E-state index is 9.09. The smallest absolute Gasteiger partial charge is 0.215 e. The summed E-state index contributed by atoms with van der Waals surface area (Å²) < 4.78 is 6.11. The Morgan fingerprint density at radius 1 is 1.18 bits per heavy atom. The van der Waals surface area contributed by atoms with Crippen molar-refractivity contribution in [2.24, 2.45) is 0 Å². The van der Waals surface area contributed by atoms with Gasteiger partial charge in [-0.3, -0.25) is 9.88 Å². The first-order valence-electron chi connectivity index (χ1n) is 11.7. The second-order valence-electron chi connectivity index (χ2n) is 9.76. The number of ether oxygens (including phenoxy) is 1. The average Bonchev–Trinajstić information content (AvgIpc) is 3.48. The van der Waals surface area contributed by atoms with Crippen LogP contribution >= 0.6 is 11.3 Å². The van der Waals surface area contributed by atoms with E-state index < -0.39 is 8.07 Å². The van der Waals surface area contributed by atoms with Gasteiger partial charge in [0.15, 0.2) is 0 Å². The number of rotatable bonds is 11. The van der Waals surface area contributed by atoms with E-state index in [-0.39, 0.29) is 6.61 Å². The minimum Gasteiger partial charge on any atom is -0.395 e. The third kappa shape index (κ3) is 6.47. The first kappa shape index (κ1) is 24.0. The quantitative estimate of drug-likeness (QED) is 0.222. The summed E-state index contributed by atoms with van der Waals surface area (Å²) in [5, 5.41) is 23.2. The van der Waals surface area contributed by atoms with Gasteiger partial charge in [-0.1, -0.05) is 43.8 Å². The van der Waals surface area contributed by atoms with Gasteiger partial charge in [0.1, 0.15) is 17.6 Å². The molecule has 0 bridgehead atoms. The number of anilines is 3. The van der Waals surface area contributed by atoms with Crippen LogP contribution in [0.5, 0.6) is 0 Å². The van der Waals surface area contributed by atoms with Gasteiger partial charge in [-0.2, -0.15) is 0 Å². The summed E-state index contributed by atoms with van der Waals surface area (Å²) in [7, 11) is -1.17. The summed E-state index contributed by atoms with van der Waals surface area (Å²) in [6, 6.07) is 7.01. The van der Waals surface area contributed by atoms with Crippen molar-refractivity contribution in [2.75, 3.05) is 36.7 Å². The van der Waals surface area contributed by atoms with Gasteiger partial charge in [0.05, 0.1) is 29.5 Å². The predicted octanol–water partition coefficient (Wildman–Crippen LogP) is 4.99. The van der Waals surface area contributed by atoms with Gasteiger partial charge >= 0.3 is 0 Å². The van der Waals surface area contributed by atoms with Crippen LogP contribution in [0.2, 0.25) is 25.7 Å². The first-order valence-corrected chi connectivity index (χ1v) is 16.3. The van der Waals surface area contributed by atoms with Crippen LogP contribution < -0.4 is 10.2 Å². The number of aliphatic hydroxyl groups excluding tert-OH is 1. The fraction of sp³-hybridized carbons (Fsp3) is 0.565. The SMILES string of the molecule is C[Si](C)(C)CCOCN(c1ccc2ncc(NCCO)cc2n1)c1nnc(C2CCCC2)s1. The summed E-state index contributed by atoms with van der Waals surface area (Å²) in [5.41, 5.74) is 2.43. The summed E-state index contributed by atoms with van der Waals surface area (Å²) in [4.78, 5) is 11.4. The molecule has 33 heavy (non-hydrogen) atoms. The zero-order valence-electron chi connectivity index (χ0n) is 19.8. The standard InChI is InChI=1S/C23H34N6O2SSi/c1-33(2,3)13-12-31-16-29(23-28-27-22(32-23)17-6-4-5-7-17)21-9-8-19-20(26-21)14-18(15-25-19)24-10-11-30/h8-9,14-15,17,24,30H,4-7,10-13,16H2,1-3H3. The minimum atomic E-state index is -1.17. The van der Waals surface area contributed by atoms with Gasteiger partial charge in [0.25, 0.3) is 0 Å². The molecule has 3 aromatic rings. The van der Waals surface area contributed by atoms with Crippen LogP contribution in [0.1, 0.15) is 36.6 Å². The van der Waals surface area contributed by atoms with E-state index in [0.717, 1.165) is 45.3 Å². The van der Waals surface area contributed by atoms with Gasteiger partial charge < -0.3 is 15.2 Å². The van der Waals surface area contributed by atoms with Gasteiger partial charge in [-0.25, -0.2) is 4.98 Å². The van der Waals surface area contributed by atoms with E-state index in [9.17, 15) is 0 Å². The Balaban J connectivity index is 1.59. The van der Waals surface area contributed by atoms with Crippen molar-refractivity contribution in [2.45, 2.75) is 57.3 Å². The minimum absolute atomic E-state index is 0.0639. The molecule has 0 spiro atoms. The van der Waals surface area contributed by atoms with Crippen LogP contribution in [-0.4, -0.2) is 59.8 Å². The molecule has 0 aromatic carbocycles. The third-order valence-electron chi connectivity index (χ3n) is 5.82. The zero-order chi connectivity index (χ0) is 23.3. The topological polar surface area (TPSA) is 96.3 Å². The maximum atomic E-state index is 9.09. The normalized spacial score (nSPS) is 14.8. The number of pyridine rings is 2. The van der Waals surface area contributed by atoms with Gasteiger partial charge in [0.2, 0.25) is 5.13 Å². The molecular formula is C23H34N6O2SSi. The van der Waals surface area contributed by atoms with E-state index in [2.05, 4.69) is 40.1 Å². The molecule has 3 heterocycles. The summed E-state index contributed by atoms with van der Waals surface area (Å²) in [6.45, 7) is 8.71. The Morgan fingerprint density at radius 2 is 2.00 bits per heavy atom. The Hall–Kier alpha value is -2.14. The Bertz CT molecular complexity index is 1050. The van der Waals surface area contributed by atoms with Crippen molar-refractivity contribution in [1.29, 1.82) is 0 Å². The first-order chi connectivity index (χ1) is 15.9. The van der Waals surface area contributed by atoms with Crippen LogP contribution in [0.3, 0.4) is 0 Å². The summed E-state index contributed by atoms with van der Waals surface area (Å²) >= 11 is 1.65. The largest absolute Gasteiger partial charge is 0.395 e. The number of aromatic nitrogens is 4. The molecule has 8 nitrogen and oxygen atoms in total. The van der Waals surface area contributed by atoms with Crippen LogP contribution in [0.4, 0.5) is 16.6 Å². The van der Waals surface area contributed by atoms with Crippen molar-refractivity contribution in [3.05, 3.63) is 29.4 Å². The van der Waals surface area contributed by atoms with Crippen molar-refractivity contribution >= 4 is 47.1 Å². The lowest BCUT2D eigenvalue weighted by atomic mass is 10.1. The van der Waals surface area contributed by atoms with E-state index in [1.165, 1.54) is 25.7 Å². The summed E-state index contributed by atoms with van der Waals surface area (Å²) in [6.07, 6.45) is 6.70. The van der Waals surface area contributed by atoms with Crippen LogP contribution in [-0.2, 0) is 4.74 Å². The predicted molar refractivity (Wildman–Crippen MR) is 137 cm³/mol.